The minimum atomic E-state index is -0.781. The van der Waals surface area contributed by atoms with Gasteiger partial charge in [0.1, 0.15) is 17.5 Å². The van der Waals surface area contributed by atoms with E-state index < -0.39 is 12.0 Å². The van der Waals surface area contributed by atoms with Crippen molar-refractivity contribution in [3.63, 3.8) is 0 Å². The summed E-state index contributed by atoms with van der Waals surface area (Å²) in [5.41, 5.74) is 2.09. The maximum absolute atomic E-state index is 14.0. The number of benzene rings is 3. The molecule has 3 aromatic carbocycles. The molecule has 0 amide bonds. The maximum Gasteiger partial charge on any atom is 0.338 e. The van der Waals surface area contributed by atoms with Crippen LogP contribution in [0.25, 0.3) is 16.8 Å². The van der Waals surface area contributed by atoms with Crippen LogP contribution < -0.4 is 24.4 Å². The summed E-state index contributed by atoms with van der Waals surface area (Å²) in [5.74, 6) is 0.752. The van der Waals surface area contributed by atoms with Crippen LogP contribution in [-0.4, -0.2) is 31.4 Å². The molecule has 0 unspecified atom stereocenters. The highest BCUT2D eigenvalue weighted by atomic mass is 79.9. The Bertz CT molecular complexity index is 1790. The smallest absolute Gasteiger partial charge is 0.338 e. The fourth-order valence-corrected chi connectivity index (χ4v) is 6.33. The van der Waals surface area contributed by atoms with E-state index in [1.807, 2.05) is 60.7 Å². The number of allylic oxidation sites excluding steroid dienone is 1. The molecule has 1 atom stereocenters. The molecule has 0 saturated carbocycles. The van der Waals surface area contributed by atoms with Gasteiger partial charge in [0.15, 0.2) is 4.80 Å². The second-order valence-corrected chi connectivity index (χ2v) is 10.5. The predicted octanol–water partition coefficient (Wildman–Crippen LogP) is 4.73. The normalized spacial score (nSPS) is 15.3. The number of aromatic nitrogens is 1. The van der Waals surface area contributed by atoms with E-state index in [-0.39, 0.29) is 12.2 Å². The molecule has 38 heavy (non-hydrogen) atoms. The van der Waals surface area contributed by atoms with Crippen LogP contribution in [0.3, 0.4) is 0 Å². The van der Waals surface area contributed by atoms with Crippen molar-refractivity contribution in [3.8, 4) is 11.5 Å². The van der Waals surface area contributed by atoms with Crippen molar-refractivity contribution in [3.05, 3.63) is 101 Å². The number of fused-ring (bicyclic) bond motifs is 2. The van der Waals surface area contributed by atoms with Gasteiger partial charge in [0.05, 0.1) is 41.1 Å². The average Bonchev–Trinajstić information content (AvgIpc) is 3.21. The van der Waals surface area contributed by atoms with Gasteiger partial charge in [0.25, 0.3) is 5.56 Å². The van der Waals surface area contributed by atoms with Crippen LogP contribution >= 0.6 is 27.3 Å². The highest BCUT2D eigenvalue weighted by Gasteiger charge is 2.36. The van der Waals surface area contributed by atoms with Crippen molar-refractivity contribution < 1.29 is 19.0 Å². The van der Waals surface area contributed by atoms with E-state index in [2.05, 4.69) is 20.9 Å². The molecule has 0 fully saturated rings. The minimum absolute atomic E-state index is 0.200. The lowest BCUT2D eigenvalue weighted by Crippen LogP contribution is -2.40. The Balaban J connectivity index is 1.82. The highest BCUT2D eigenvalue weighted by molar-refractivity contribution is 9.10. The number of halogens is 1. The highest BCUT2D eigenvalue weighted by Crippen LogP contribution is 2.40. The summed E-state index contributed by atoms with van der Waals surface area (Å²) in [6.07, 6.45) is 1.81. The number of hydrogen-bond acceptors (Lipinski definition) is 7. The number of ether oxygens (including phenoxy) is 3. The molecule has 1 aliphatic heterocycles. The van der Waals surface area contributed by atoms with Gasteiger partial charge in [-0.05, 0) is 70.4 Å². The van der Waals surface area contributed by atoms with Crippen LogP contribution in [0.4, 0.5) is 0 Å². The van der Waals surface area contributed by atoms with Gasteiger partial charge in [0.2, 0.25) is 0 Å². The van der Waals surface area contributed by atoms with Crippen molar-refractivity contribution in [1.82, 2.24) is 4.57 Å². The Kier molecular flexibility index (Phi) is 7.23. The first-order valence-electron chi connectivity index (χ1n) is 12.0. The van der Waals surface area contributed by atoms with Crippen LogP contribution in [0.1, 0.15) is 31.0 Å². The van der Waals surface area contributed by atoms with E-state index in [1.54, 1.807) is 32.6 Å². The number of hydrogen-bond donors (Lipinski definition) is 0. The number of carbonyl (C=O) groups excluding carboxylic acids is 1. The Hall–Kier alpha value is -3.69. The van der Waals surface area contributed by atoms with E-state index >= 15 is 0 Å². The van der Waals surface area contributed by atoms with Crippen LogP contribution in [-0.2, 0) is 9.53 Å². The van der Waals surface area contributed by atoms with Gasteiger partial charge in [0, 0.05) is 5.56 Å². The Labute approximate surface area is 231 Å². The van der Waals surface area contributed by atoms with Crippen molar-refractivity contribution >= 4 is 50.1 Å². The minimum Gasteiger partial charge on any atom is -0.496 e. The maximum atomic E-state index is 14.0. The quantitative estimate of drug-likeness (QED) is 0.302. The zero-order valence-electron chi connectivity index (χ0n) is 21.3. The third-order valence-electron chi connectivity index (χ3n) is 6.41. The van der Waals surface area contributed by atoms with E-state index in [9.17, 15) is 9.59 Å². The summed E-state index contributed by atoms with van der Waals surface area (Å²) in [5, 5.41) is 1.84. The molecule has 0 N–H and O–H groups in total. The van der Waals surface area contributed by atoms with Gasteiger partial charge in [-0.2, -0.15) is 0 Å². The van der Waals surface area contributed by atoms with E-state index in [0.29, 0.717) is 37.7 Å². The molecule has 0 radical (unpaired) electrons. The second kappa shape index (κ2) is 10.6. The lowest BCUT2D eigenvalue weighted by atomic mass is 9.90. The number of nitrogens with zero attached hydrogens (tertiary/aromatic N) is 2. The summed E-state index contributed by atoms with van der Waals surface area (Å²) in [6.45, 7) is 3.73. The van der Waals surface area contributed by atoms with Gasteiger partial charge < -0.3 is 14.2 Å². The Morgan fingerprint density at radius 1 is 1.11 bits per heavy atom. The molecule has 0 saturated heterocycles. The average molecular weight is 593 g/mol. The van der Waals surface area contributed by atoms with Crippen LogP contribution in [0.2, 0.25) is 0 Å². The van der Waals surface area contributed by atoms with E-state index in [4.69, 9.17) is 14.2 Å². The number of rotatable bonds is 6. The summed E-state index contributed by atoms with van der Waals surface area (Å²) in [6, 6.07) is 16.5. The SMILES string of the molecule is CCOC(=O)C1=C(C)N=c2s/c(=C/c3ccc(OC)c(Br)c3)c(=O)n2[C@H]1c1c(OC)ccc2ccccc12. The lowest BCUT2D eigenvalue weighted by molar-refractivity contribution is -0.139. The fourth-order valence-electron chi connectivity index (χ4n) is 4.72. The van der Waals surface area contributed by atoms with Crippen molar-refractivity contribution in [1.29, 1.82) is 0 Å². The van der Waals surface area contributed by atoms with E-state index in [1.165, 1.54) is 11.3 Å². The van der Waals surface area contributed by atoms with Crippen LogP contribution in [0.5, 0.6) is 11.5 Å². The third kappa shape index (κ3) is 4.46. The number of carbonyl (C=O) groups is 1. The fraction of sp³-hybridized carbons (Fsp3) is 0.207. The van der Waals surface area contributed by atoms with Crippen LogP contribution in [0.15, 0.2) is 80.1 Å². The van der Waals surface area contributed by atoms with Gasteiger partial charge >= 0.3 is 5.97 Å². The number of methoxy groups -OCH3 is 2. The summed E-state index contributed by atoms with van der Waals surface area (Å²) < 4.78 is 19.4. The molecule has 194 valence electrons. The van der Waals surface area contributed by atoms with Gasteiger partial charge in [-0.1, -0.05) is 47.7 Å². The molecule has 0 aliphatic carbocycles. The molecule has 4 aromatic rings. The van der Waals surface area contributed by atoms with Gasteiger partial charge in [-0.3, -0.25) is 9.36 Å². The molecule has 0 spiro atoms. The topological polar surface area (TPSA) is 79.1 Å². The first kappa shape index (κ1) is 25.9. The van der Waals surface area contributed by atoms with Crippen molar-refractivity contribution in [2.75, 3.05) is 20.8 Å². The molecular weight excluding hydrogens is 568 g/mol. The number of thiazole rings is 1. The largest absolute Gasteiger partial charge is 0.496 e. The second-order valence-electron chi connectivity index (χ2n) is 8.60. The summed E-state index contributed by atoms with van der Waals surface area (Å²) >= 11 is 4.78. The monoisotopic (exact) mass is 592 g/mol. The Morgan fingerprint density at radius 2 is 1.84 bits per heavy atom. The molecule has 1 aromatic heterocycles. The molecule has 1 aliphatic rings. The molecule has 5 rings (SSSR count). The Morgan fingerprint density at radius 3 is 2.55 bits per heavy atom. The first-order chi connectivity index (χ1) is 18.4. The van der Waals surface area contributed by atoms with Gasteiger partial charge in [-0.15, -0.1) is 0 Å². The van der Waals surface area contributed by atoms with Crippen LogP contribution in [0, 0.1) is 0 Å². The first-order valence-corrected chi connectivity index (χ1v) is 13.6. The molecular formula is C29H25BrN2O5S. The molecule has 2 heterocycles. The van der Waals surface area contributed by atoms with E-state index in [0.717, 1.165) is 20.8 Å². The molecule has 7 nitrogen and oxygen atoms in total. The molecule has 0 bridgehead atoms. The number of esters is 1. The zero-order valence-corrected chi connectivity index (χ0v) is 23.7. The standard InChI is InChI=1S/C29H25BrN2O5S/c1-5-37-28(34)24-16(2)31-29-32(26(24)25-19-9-7-6-8-18(19)11-13-22(25)36-4)27(33)23(38-29)15-17-10-12-21(35-3)20(30)14-17/h6-15,26H,5H2,1-4H3/b23-15+/t26-/m1/s1. The molecule has 9 heteroatoms. The summed E-state index contributed by atoms with van der Waals surface area (Å²) in [4.78, 5) is 32.5. The van der Waals surface area contributed by atoms with Gasteiger partial charge in [-0.25, -0.2) is 9.79 Å². The lowest BCUT2D eigenvalue weighted by Gasteiger charge is -2.27. The van der Waals surface area contributed by atoms with Crippen molar-refractivity contribution in [2.45, 2.75) is 19.9 Å². The zero-order chi connectivity index (χ0) is 27.0. The van der Waals surface area contributed by atoms with Crippen molar-refractivity contribution in [2.24, 2.45) is 4.99 Å². The third-order valence-corrected chi connectivity index (χ3v) is 8.02. The summed E-state index contributed by atoms with van der Waals surface area (Å²) in [7, 11) is 3.18. The predicted molar refractivity (Wildman–Crippen MR) is 152 cm³/mol.